The van der Waals surface area contributed by atoms with E-state index >= 15 is 0 Å². The number of piperidine rings is 1. The van der Waals surface area contributed by atoms with Gasteiger partial charge in [0.25, 0.3) is 0 Å². The molecule has 0 aliphatic carbocycles. The Morgan fingerprint density at radius 2 is 2.26 bits per heavy atom. The van der Waals surface area contributed by atoms with E-state index in [0.29, 0.717) is 31.4 Å². The molecule has 2 fully saturated rings. The molecule has 128 valence electrons. The molecule has 1 unspecified atom stereocenters. The van der Waals surface area contributed by atoms with Crippen molar-refractivity contribution in [1.82, 2.24) is 19.9 Å². The molecular formula is C15H24N4O4. The maximum absolute atomic E-state index is 12.7. The number of aromatic nitrogens is 2. The van der Waals surface area contributed by atoms with Crippen LogP contribution in [0.3, 0.4) is 0 Å². The zero-order chi connectivity index (χ0) is 16.3. The summed E-state index contributed by atoms with van der Waals surface area (Å²) in [6.07, 6.45) is 2.77. The van der Waals surface area contributed by atoms with E-state index in [2.05, 4.69) is 15.0 Å². The number of carbonyl (C=O) groups excluding carboxylic acids is 1. The van der Waals surface area contributed by atoms with Crippen molar-refractivity contribution in [2.45, 2.75) is 32.4 Å². The van der Waals surface area contributed by atoms with Crippen molar-refractivity contribution < 1.29 is 19.2 Å². The average molecular weight is 324 g/mol. The van der Waals surface area contributed by atoms with Crippen LogP contribution in [0, 0.1) is 5.41 Å². The number of aliphatic hydroxyl groups excluding tert-OH is 1. The number of β-amino-alcohol motifs (C(OH)–C–C–N with tert-alkyl or cyclic N) is 1. The highest BCUT2D eigenvalue weighted by Crippen LogP contribution is 2.40. The van der Waals surface area contributed by atoms with Crippen molar-refractivity contribution >= 4 is 5.91 Å². The lowest BCUT2D eigenvalue weighted by atomic mass is 9.78. The van der Waals surface area contributed by atoms with Crippen molar-refractivity contribution in [1.29, 1.82) is 0 Å². The highest BCUT2D eigenvalue weighted by Gasteiger charge is 2.48. The Bertz CT molecular complexity index is 547. The summed E-state index contributed by atoms with van der Waals surface area (Å²) in [5.41, 5.74) is -0.303. The minimum absolute atomic E-state index is 0.0236. The molecule has 8 heteroatoms. The van der Waals surface area contributed by atoms with Gasteiger partial charge < -0.3 is 19.3 Å². The van der Waals surface area contributed by atoms with Crippen LogP contribution in [-0.4, -0.2) is 70.8 Å². The molecule has 8 nitrogen and oxygen atoms in total. The van der Waals surface area contributed by atoms with Crippen LogP contribution < -0.4 is 0 Å². The van der Waals surface area contributed by atoms with Crippen LogP contribution in [0.5, 0.6) is 0 Å². The number of ether oxygens (including phenoxy) is 1. The van der Waals surface area contributed by atoms with Crippen LogP contribution in [0.15, 0.2) is 4.52 Å². The summed E-state index contributed by atoms with van der Waals surface area (Å²) >= 11 is 0. The van der Waals surface area contributed by atoms with Crippen molar-refractivity contribution in [3.63, 3.8) is 0 Å². The predicted octanol–water partition coefficient (Wildman–Crippen LogP) is 0.0228. The summed E-state index contributed by atoms with van der Waals surface area (Å²) < 4.78 is 10.2. The minimum atomic E-state index is -0.303. The van der Waals surface area contributed by atoms with E-state index < -0.39 is 0 Å². The van der Waals surface area contributed by atoms with Crippen molar-refractivity contribution in [2.24, 2.45) is 5.41 Å². The topological polar surface area (TPSA) is 91.9 Å². The van der Waals surface area contributed by atoms with Gasteiger partial charge >= 0.3 is 0 Å². The lowest BCUT2D eigenvalue weighted by Gasteiger charge is -2.39. The van der Waals surface area contributed by atoms with Crippen LogP contribution in [0.1, 0.15) is 31.0 Å². The molecule has 1 aromatic rings. The Hall–Kier alpha value is -1.51. The molecule has 0 aromatic carbocycles. The van der Waals surface area contributed by atoms with E-state index in [1.165, 1.54) is 0 Å². The fraction of sp³-hybridized carbons (Fsp3) is 0.800. The standard InChI is InChI=1S/C15H24N4O4/c1-22-10-12-16-13(23-17-12)9-18-6-4-15(11-18)3-2-5-19(7-8-20)14(15)21/h20H,2-11H2,1H3. The average Bonchev–Trinajstić information content (AvgIpc) is 3.14. The fourth-order valence-corrected chi connectivity index (χ4v) is 3.69. The molecule has 2 aliphatic heterocycles. The van der Waals surface area contributed by atoms with Gasteiger partial charge in [0, 0.05) is 26.7 Å². The number of hydrogen-bond donors (Lipinski definition) is 1. The van der Waals surface area contributed by atoms with Crippen molar-refractivity contribution in [3.05, 3.63) is 11.7 Å². The van der Waals surface area contributed by atoms with Gasteiger partial charge in [-0.3, -0.25) is 9.69 Å². The second-order valence-electron chi connectivity index (χ2n) is 6.40. The largest absolute Gasteiger partial charge is 0.395 e. The minimum Gasteiger partial charge on any atom is -0.395 e. The monoisotopic (exact) mass is 324 g/mol. The number of nitrogens with zero attached hydrogens (tertiary/aromatic N) is 4. The molecule has 1 aromatic heterocycles. The van der Waals surface area contributed by atoms with Gasteiger partial charge in [-0.05, 0) is 25.8 Å². The van der Waals surface area contributed by atoms with E-state index in [1.807, 2.05) is 0 Å². The number of methoxy groups -OCH3 is 1. The summed E-state index contributed by atoms with van der Waals surface area (Å²) in [7, 11) is 1.59. The summed E-state index contributed by atoms with van der Waals surface area (Å²) in [4.78, 5) is 21.0. The number of hydrogen-bond acceptors (Lipinski definition) is 7. The lowest BCUT2D eigenvalue weighted by Crippen LogP contribution is -2.50. The van der Waals surface area contributed by atoms with Gasteiger partial charge in [0.15, 0.2) is 5.82 Å². The predicted molar refractivity (Wildman–Crippen MR) is 80.2 cm³/mol. The van der Waals surface area contributed by atoms with Gasteiger partial charge in [-0.2, -0.15) is 4.98 Å². The summed E-state index contributed by atoms with van der Waals surface area (Å²) in [6, 6.07) is 0. The summed E-state index contributed by atoms with van der Waals surface area (Å²) in [6.45, 7) is 3.68. The number of carbonyl (C=O) groups is 1. The summed E-state index contributed by atoms with van der Waals surface area (Å²) in [5.74, 6) is 1.29. The molecular weight excluding hydrogens is 300 g/mol. The molecule has 1 spiro atoms. The van der Waals surface area contributed by atoms with E-state index in [9.17, 15) is 4.79 Å². The Morgan fingerprint density at radius 3 is 3.04 bits per heavy atom. The van der Waals surface area contributed by atoms with Gasteiger partial charge in [0.05, 0.1) is 18.6 Å². The first kappa shape index (κ1) is 16.4. The van der Waals surface area contributed by atoms with Crippen LogP contribution in [0.4, 0.5) is 0 Å². The van der Waals surface area contributed by atoms with Gasteiger partial charge in [-0.15, -0.1) is 0 Å². The van der Waals surface area contributed by atoms with Crippen LogP contribution >= 0.6 is 0 Å². The van der Waals surface area contributed by atoms with Crippen molar-refractivity contribution in [3.8, 4) is 0 Å². The molecule has 2 saturated heterocycles. The maximum atomic E-state index is 12.7. The van der Waals surface area contributed by atoms with Gasteiger partial charge in [-0.1, -0.05) is 5.16 Å². The van der Waals surface area contributed by atoms with Gasteiger partial charge in [-0.25, -0.2) is 0 Å². The van der Waals surface area contributed by atoms with Crippen LogP contribution in [0.2, 0.25) is 0 Å². The molecule has 1 N–H and O–H groups in total. The highest BCUT2D eigenvalue weighted by molar-refractivity contribution is 5.84. The molecule has 2 aliphatic rings. The van der Waals surface area contributed by atoms with Crippen LogP contribution in [-0.2, 0) is 22.7 Å². The molecule has 3 rings (SSSR count). The fourth-order valence-electron chi connectivity index (χ4n) is 3.69. The first-order valence-electron chi connectivity index (χ1n) is 8.10. The SMILES string of the molecule is COCc1noc(CN2CCC3(CCCN(CCO)C3=O)C2)n1. The molecule has 1 amide bonds. The second kappa shape index (κ2) is 6.94. The smallest absolute Gasteiger partial charge is 0.240 e. The van der Waals surface area contributed by atoms with E-state index in [-0.39, 0.29) is 17.9 Å². The first-order chi connectivity index (χ1) is 11.2. The van der Waals surface area contributed by atoms with E-state index in [0.717, 1.165) is 38.9 Å². The third-order valence-electron chi connectivity index (χ3n) is 4.77. The quantitative estimate of drug-likeness (QED) is 0.789. The Labute approximate surface area is 135 Å². The molecule has 23 heavy (non-hydrogen) atoms. The van der Waals surface area contributed by atoms with Gasteiger partial charge in [0.1, 0.15) is 6.61 Å². The maximum Gasteiger partial charge on any atom is 0.240 e. The summed E-state index contributed by atoms with van der Waals surface area (Å²) in [5, 5.41) is 13.0. The number of aliphatic hydroxyl groups is 1. The van der Waals surface area contributed by atoms with E-state index in [1.54, 1.807) is 12.0 Å². The first-order valence-corrected chi connectivity index (χ1v) is 8.10. The Kier molecular flexibility index (Phi) is 4.93. The highest BCUT2D eigenvalue weighted by atomic mass is 16.5. The number of likely N-dealkylation sites (tertiary alicyclic amines) is 2. The zero-order valence-corrected chi connectivity index (χ0v) is 13.5. The van der Waals surface area contributed by atoms with Gasteiger partial charge in [0.2, 0.25) is 11.8 Å². The van der Waals surface area contributed by atoms with Crippen molar-refractivity contribution in [2.75, 3.05) is 39.9 Å². The molecule has 0 saturated carbocycles. The number of amides is 1. The normalized spacial score (nSPS) is 25.7. The Balaban J connectivity index is 1.61. The lowest BCUT2D eigenvalue weighted by molar-refractivity contribution is -0.146. The van der Waals surface area contributed by atoms with E-state index in [4.69, 9.17) is 14.4 Å². The van der Waals surface area contributed by atoms with Crippen LogP contribution in [0.25, 0.3) is 0 Å². The molecule has 3 heterocycles. The Morgan fingerprint density at radius 1 is 1.39 bits per heavy atom. The number of rotatable bonds is 6. The molecule has 0 bridgehead atoms. The molecule has 1 atom stereocenters. The third kappa shape index (κ3) is 3.39. The third-order valence-corrected chi connectivity index (χ3v) is 4.77. The molecule has 0 radical (unpaired) electrons. The second-order valence-corrected chi connectivity index (χ2v) is 6.40. The zero-order valence-electron chi connectivity index (χ0n) is 13.5.